The highest BCUT2D eigenvalue weighted by Gasteiger charge is 2.16. The van der Waals surface area contributed by atoms with Crippen LogP contribution in [0.25, 0.3) is 0 Å². The number of benzene rings is 1. The van der Waals surface area contributed by atoms with E-state index in [9.17, 15) is 9.18 Å². The van der Waals surface area contributed by atoms with Crippen LogP contribution in [0.4, 0.5) is 4.39 Å². The fourth-order valence-electron chi connectivity index (χ4n) is 1.31. The normalized spacial score (nSPS) is 11.6. The molecule has 1 aromatic carbocycles. The van der Waals surface area contributed by atoms with Gasteiger partial charge in [0.1, 0.15) is 0 Å². The summed E-state index contributed by atoms with van der Waals surface area (Å²) in [6.45, 7) is 0. The van der Waals surface area contributed by atoms with Gasteiger partial charge in [-0.05, 0) is 17.7 Å². The van der Waals surface area contributed by atoms with Crippen molar-refractivity contribution in [3.63, 3.8) is 0 Å². The predicted molar refractivity (Wildman–Crippen MR) is 53.6 cm³/mol. The van der Waals surface area contributed by atoms with E-state index in [1.54, 1.807) is 0 Å². The van der Waals surface area contributed by atoms with Crippen molar-refractivity contribution in [2.45, 2.75) is 12.3 Å². The average molecular weight is 223 g/mol. The molecule has 0 fully saturated rings. The first-order valence-electron chi connectivity index (χ1n) is 4.53. The lowest BCUT2D eigenvalue weighted by Crippen LogP contribution is -2.05. The summed E-state index contributed by atoms with van der Waals surface area (Å²) < 4.78 is 18.0. The van der Waals surface area contributed by atoms with E-state index in [0.29, 0.717) is 5.56 Å². The molecule has 0 radical (unpaired) electrons. The van der Waals surface area contributed by atoms with Crippen LogP contribution >= 0.6 is 0 Å². The molecule has 16 heavy (non-hydrogen) atoms. The summed E-state index contributed by atoms with van der Waals surface area (Å²) in [5.74, 6) is -2.48. The summed E-state index contributed by atoms with van der Waals surface area (Å²) in [5, 5.41) is 17.4. The molecule has 0 aliphatic rings. The quantitative estimate of drug-likeness (QED) is 0.846. The predicted octanol–water partition coefficient (Wildman–Crippen LogP) is 1.92. The molecular formula is C11H10FNO3. The Hall–Kier alpha value is -2.09. The van der Waals surface area contributed by atoms with Gasteiger partial charge in [0, 0.05) is 0 Å². The Bertz CT molecular complexity index is 439. The van der Waals surface area contributed by atoms with E-state index in [2.05, 4.69) is 0 Å². The highest BCUT2D eigenvalue weighted by atomic mass is 19.1. The minimum Gasteiger partial charge on any atom is -0.494 e. The maximum Gasteiger partial charge on any atom is 0.305 e. The van der Waals surface area contributed by atoms with Crippen molar-refractivity contribution in [1.29, 1.82) is 5.26 Å². The number of methoxy groups -OCH3 is 1. The lowest BCUT2D eigenvalue weighted by molar-refractivity contribution is -0.137. The van der Waals surface area contributed by atoms with Gasteiger partial charge in [0.2, 0.25) is 0 Å². The molecule has 1 atom stereocenters. The summed E-state index contributed by atoms with van der Waals surface area (Å²) in [6, 6.07) is 5.80. The van der Waals surface area contributed by atoms with E-state index in [0.717, 1.165) is 6.07 Å². The first kappa shape index (κ1) is 12.0. The van der Waals surface area contributed by atoms with Crippen LogP contribution < -0.4 is 4.74 Å². The van der Waals surface area contributed by atoms with Gasteiger partial charge < -0.3 is 9.84 Å². The topological polar surface area (TPSA) is 70.3 Å². The van der Waals surface area contributed by atoms with E-state index >= 15 is 0 Å². The number of aliphatic carboxylic acids is 1. The lowest BCUT2D eigenvalue weighted by Gasteiger charge is -2.08. The average Bonchev–Trinajstić information content (AvgIpc) is 2.25. The van der Waals surface area contributed by atoms with E-state index in [4.69, 9.17) is 15.1 Å². The van der Waals surface area contributed by atoms with Crippen LogP contribution in [-0.2, 0) is 4.79 Å². The molecule has 0 saturated heterocycles. The van der Waals surface area contributed by atoms with Crippen LogP contribution in [0.2, 0.25) is 0 Å². The number of carboxylic acids is 1. The van der Waals surface area contributed by atoms with Crippen molar-refractivity contribution in [2.24, 2.45) is 0 Å². The van der Waals surface area contributed by atoms with Gasteiger partial charge in [-0.2, -0.15) is 5.26 Å². The Morgan fingerprint density at radius 2 is 2.38 bits per heavy atom. The Morgan fingerprint density at radius 1 is 1.69 bits per heavy atom. The lowest BCUT2D eigenvalue weighted by atomic mass is 9.97. The number of nitrogens with zero attached hydrogens (tertiary/aromatic N) is 1. The second kappa shape index (κ2) is 5.12. The molecule has 0 saturated carbocycles. The van der Waals surface area contributed by atoms with Crippen molar-refractivity contribution in [3.05, 3.63) is 29.6 Å². The fourth-order valence-corrected chi connectivity index (χ4v) is 1.31. The molecule has 0 aromatic heterocycles. The van der Waals surface area contributed by atoms with Gasteiger partial charge in [-0.3, -0.25) is 4.79 Å². The number of ether oxygens (including phenoxy) is 1. The van der Waals surface area contributed by atoms with Crippen molar-refractivity contribution in [2.75, 3.05) is 7.11 Å². The van der Waals surface area contributed by atoms with Gasteiger partial charge in [0.05, 0.1) is 25.5 Å². The van der Waals surface area contributed by atoms with E-state index in [-0.39, 0.29) is 12.2 Å². The Labute approximate surface area is 91.9 Å². The number of hydrogen-bond donors (Lipinski definition) is 1. The van der Waals surface area contributed by atoms with Crippen molar-refractivity contribution in [3.8, 4) is 11.8 Å². The second-order valence-electron chi connectivity index (χ2n) is 3.17. The van der Waals surface area contributed by atoms with E-state index in [1.807, 2.05) is 6.07 Å². The summed E-state index contributed by atoms with van der Waals surface area (Å²) in [7, 11) is 1.33. The molecule has 0 aliphatic carbocycles. The molecular weight excluding hydrogens is 213 g/mol. The summed E-state index contributed by atoms with van der Waals surface area (Å²) >= 11 is 0. The van der Waals surface area contributed by atoms with Crippen LogP contribution in [0, 0.1) is 17.1 Å². The van der Waals surface area contributed by atoms with Crippen molar-refractivity contribution >= 4 is 5.97 Å². The van der Waals surface area contributed by atoms with Crippen molar-refractivity contribution in [1.82, 2.24) is 0 Å². The first-order chi connectivity index (χ1) is 7.58. The first-order valence-corrected chi connectivity index (χ1v) is 4.53. The minimum atomic E-state index is -1.09. The third kappa shape index (κ3) is 2.70. The van der Waals surface area contributed by atoms with Crippen LogP contribution in [-0.4, -0.2) is 18.2 Å². The second-order valence-corrected chi connectivity index (χ2v) is 3.17. The third-order valence-corrected chi connectivity index (χ3v) is 2.11. The Balaban J connectivity index is 2.99. The summed E-state index contributed by atoms with van der Waals surface area (Å²) in [4.78, 5) is 10.5. The molecule has 84 valence electrons. The Kier molecular flexibility index (Phi) is 3.84. The largest absolute Gasteiger partial charge is 0.494 e. The monoisotopic (exact) mass is 223 g/mol. The molecule has 4 nitrogen and oxygen atoms in total. The zero-order chi connectivity index (χ0) is 12.1. The van der Waals surface area contributed by atoms with Gasteiger partial charge in [-0.1, -0.05) is 6.07 Å². The molecule has 1 aromatic rings. The Morgan fingerprint density at radius 3 is 2.81 bits per heavy atom. The summed E-state index contributed by atoms with van der Waals surface area (Å²) in [5.41, 5.74) is 0.336. The number of halogens is 1. The van der Waals surface area contributed by atoms with Crippen LogP contribution in [0.3, 0.4) is 0 Å². The molecule has 0 aliphatic heterocycles. The molecule has 0 heterocycles. The maximum atomic E-state index is 13.3. The number of nitriles is 1. The highest BCUT2D eigenvalue weighted by molar-refractivity contribution is 5.68. The molecule has 1 rings (SSSR count). The van der Waals surface area contributed by atoms with Gasteiger partial charge in [-0.15, -0.1) is 0 Å². The van der Waals surface area contributed by atoms with Crippen LogP contribution in [0.15, 0.2) is 18.2 Å². The van der Waals surface area contributed by atoms with Crippen molar-refractivity contribution < 1.29 is 19.0 Å². The smallest absolute Gasteiger partial charge is 0.305 e. The zero-order valence-electron chi connectivity index (χ0n) is 8.61. The molecule has 1 N–H and O–H groups in total. The molecule has 5 heteroatoms. The van der Waals surface area contributed by atoms with E-state index < -0.39 is 17.7 Å². The molecule has 0 amide bonds. The third-order valence-electron chi connectivity index (χ3n) is 2.11. The summed E-state index contributed by atoms with van der Waals surface area (Å²) in [6.07, 6.45) is -0.345. The van der Waals surface area contributed by atoms with Gasteiger partial charge in [-0.25, -0.2) is 4.39 Å². The molecule has 0 spiro atoms. The number of carbonyl (C=O) groups is 1. The number of hydrogen-bond acceptors (Lipinski definition) is 3. The maximum absolute atomic E-state index is 13.3. The van der Waals surface area contributed by atoms with Gasteiger partial charge in [0.25, 0.3) is 0 Å². The van der Waals surface area contributed by atoms with E-state index in [1.165, 1.54) is 19.2 Å². The SMILES string of the molecule is COc1ccc(C(C#N)CC(=O)O)cc1F. The number of carboxylic acid groups (broad SMARTS) is 1. The minimum absolute atomic E-state index is 0.0655. The zero-order valence-corrected chi connectivity index (χ0v) is 8.61. The standard InChI is InChI=1S/C11H10FNO3/c1-16-10-3-2-7(4-9(10)12)8(6-13)5-11(14)15/h2-4,8H,5H2,1H3,(H,14,15). The molecule has 0 bridgehead atoms. The number of rotatable bonds is 4. The highest BCUT2D eigenvalue weighted by Crippen LogP contribution is 2.24. The van der Waals surface area contributed by atoms with Gasteiger partial charge >= 0.3 is 5.97 Å². The van der Waals surface area contributed by atoms with Crippen LogP contribution in [0.1, 0.15) is 17.9 Å². The van der Waals surface area contributed by atoms with Crippen LogP contribution in [0.5, 0.6) is 5.75 Å². The molecule has 1 unspecified atom stereocenters. The fraction of sp³-hybridized carbons (Fsp3) is 0.273. The van der Waals surface area contributed by atoms with Gasteiger partial charge in [0.15, 0.2) is 11.6 Å².